The van der Waals surface area contributed by atoms with Crippen molar-refractivity contribution < 1.29 is 14.4 Å². The van der Waals surface area contributed by atoms with Crippen LogP contribution in [0.5, 0.6) is 0 Å². The summed E-state index contributed by atoms with van der Waals surface area (Å²) in [6.07, 6.45) is 0.552. The summed E-state index contributed by atoms with van der Waals surface area (Å²) in [5, 5.41) is 2.69. The molecule has 1 saturated heterocycles. The van der Waals surface area contributed by atoms with Crippen LogP contribution in [0, 0.1) is 0 Å². The Balaban J connectivity index is 1.85. The van der Waals surface area contributed by atoms with E-state index in [1.54, 1.807) is 24.3 Å². The predicted octanol–water partition coefficient (Wildman–Crippen LogP) is 0.798. The van der Waals surface area contributed by atoms with Crippen molar-refractivity contribution in [1.29, 1.82) is 0 Å². The zero-order valence-electron chi connectivity index (χ0n) is 11.3. The Labute approximate surface area is 127 Å². The van der Waals surface area contributed by atoms with Crippen LogP contribution in [0.1, 0.15) is 24.8 Å². The lowest BCUT2D eigenvalue weighted by molar-refractivity contribution is -0.138. The molecule has 1 fully saturated rings. The molecule has 0 aliphatic carbocycles. The molecule has 1 aliphatic rings. The molecule has 1 aromatic rings. The summed E-state index contributed by atoms with van der Waals surface area (Å²) in [6, 6.07) is 6.81. The fourth-order valence-electron chi connectivity index (χ4n) is 2.03. The van der Waals surface area contributed by atoms with Gasteiger partial charge in [0.05, 0.1) is 0 Å². The van der Waals surface area contributed by atoms with Crippen molar-refractivity contribution in [3.63, 3.8) is 0 Å². The summed E-state index contributed by atoms with van der Waals surface area (Å²) < 4.78 is 0. The third-order valence-corrected chi connectivity index (χ3v) is 3.41. The molecule has 2 rings (SSSR count). The highest BCUT2D eigenvalue weighted by atomic mass is 32.1. The van der Waals surface area contributed by atoms with E-state index >= 15 is 0 Å². The van der Waals surface area contributed by atoms with Gasteiger partial charge in [-0.05, 0) is 24.3 Å². The molecule has 6 nitrogen and oxygen atoms in total. The van der Waals surface area contributed by atoms with E-state index < -0.39 is 0 Å². The van der Waals surface area contributed by atoms with Crippen LogP contribution in [-0.4, -0.2) is 34.2 Å². The van der Waals surface area contributed by atoms with E-state index in [1.165, 1.54) is 0 Å². The van der Waals surface area contributed by atoms with E-state index in [1.807, 2.05) is 0 Å². The average Bonchev–Trinajstić information content (AvgIpc) is 2.76. The van der Waals surface area contributed by atoms with Crippen LogP contribution in [0.25, 0.3) is 0 Å². The van der Waals surface area contributed by atoms with Crippen LogP contribution >= 0.6 is 12.2 Å². The minimum atomic E-state index is -0.259. The van der Waals surface area contributed by atoms with Crippen LogP contribution in [-0.2, 0) is 14.4 Å². The quantitative estimate of drug-likeness (QED) is 0.620. The van der Waals surface area contributed by atoms with Gasteiger partial charge in [0.15, 0.2) is 0 Å². The highest BCUT2D eigenvalue weighted by Crippen LogP contribution is 2.13. The van der Waals surface area contributed by atoms with Crippen molar-refractivity contribution in [3.8, 4) is 0 Å². The van der Waals surface area contributed by atoms with Crippen molar-refractivity contribution in [3.05, 3.63) is 29.8 Å². The summed E-state index contributed by atoms with van der Waals surface area (Å²) in [6.45, 7) is 0.120. The molecule has 3 N–H and O–H groups in total. The van der Waals surface area contributed by atoms with Crippen molar-refractivity contribution in [2.45, 2.75) is 19.3 Å². The molecule has 110 valence electrons. The number of benzene rings is 1. The number of imide groups is 1. The van der Waals surface area contributed by atoms with Gasteiger partial charge >= 0.3 is 0 Å². The first-order valence-corrected chi connectivity index (χ1v) is 6.91. The molecule has 0 aromatic heterocycles. The van der Waals surface area contributed by atoms with E-state index in [9.17, 15) is 14.4 Å². The lowest BCUT2D eigenvalue weighted by Crippen LogP contribution is -2.32. The fourth-order valence-corrected chi connectivity index (χ4v) is 2.16. The standard InChI is InChI=1S/C14H15N3O3S/c15-14(21)9-1-3-10(4-2-9)16-11(18)7-8-17-12(19)5-6-13(17)20/h1-4H,5-8H2,(H2,15,21)(H,16,18). The first kappa shape index (κ1) is 15.1. The highest BCUT2D eigenvalue weighted by Gasteiger charge is 2.28. The smallest absolute Gasteiger partial charge is 0.229 e. The topological polar surface area (TPSA) is 92.5 Å². The second-order valence-corrected chi connectivity index (χ2v) is 5.12. The SMILES string of the molecule is NC(=S)c1ccc(NC(=O)CCN2C(=O)CCC2=O)cc1. The maximum absolute atomic E-state index is 11.8. The molecule has 0 bridgehead atoms. The van der Waals surface area contributed by atoms with E-state index in [2.05, 4.69) is 5.32 Å². The van der Waals surface area contributed by atoms with Crippen molar-refractivity contribution >= 4 is 40.6 Å². The minimum Gasteiger partial charge on any atom is -0.389 e. The number of nitrogens with two attached hydrogens (primary N) is 1. The molecule has 7 heteroatoms. The number of hydrogen-bond donors (Lipinski definition) is 2. The van der Waals surface area contributed by atoms with E-state index in [4.69, 9.17) is 18.0 Å². The molecular weight excluding hydrogens is 290 g/mol. The maximum Gasteiger partial charge on any atom is 0.229 e. The number of amides is 3. The van der Waals surface area contributed by atoms with Crippen LogP contribution in [0.3, 0.4) is 0 Å². The molecule has 0 saturated carbocycles. The first-order chi connectivity index (χ1) is 9.97. The lowest BCUT2D eigenvalue weighted by Gasteiger charge is -2.13. The number of hydrogen-bond acceptors (Lipinski definition) is 4. The molecule has 3 amide bonds. The summed E-state index contributed by atoms with van der Waals surface area (Å²) in [5.41, 5.74) is 6.81. The highest BCUT2D eigenvalue weighted by molar-refractivity contribution is 7.80. The van der Waals surface area contributed by atoms with Gasteiger partial charge in [-0.15, -0.1) is 0 Å². The Morgan fingerprint density at radius 3 is 2.29 bits per heavy atom. The van der Waals surface area contributed by atoms with Gasteiger partial charge in [-0.25, -0.2) is 0 Å². The molecule has 1 aliphatic heterocycles. The van der Waals surface area contributed by atoms with Crippen molar-refractivity contribution in [2.24, 2.45) is 5.73 Å². The second-order valence-electron chi connectivity index (χ2n) is 4.68. The van der Waals surface area contributed by atoms with E-state index in [0.29, 0.717) is 10.7 Å². The largest absolute Gasteiger partial charge is 0.389 e. The zero-order chi connectivity index (χ0) is 15.4. The third kappa shape index (κ3) is 3.85. The maximum atomic E-state index is 11.8. The Bertz CT molecular complexity index is 582. The lowest BCUT2D eigenvalue weighted by atomic mass is 10.2. The van der Waals surface area contributed by atoms with Crippen LogP contribution in [0.15, 0.2) is 24.3 Å². The van der Waals surface area contributed by atoms with Gasteiger partial charge < -0.3 is 11.1 Å². The summed E-state index contributed by atoms with van der Waals surface area (Å²) in [5.74, 6) is -0.687. The van der Waals surface area contributed by atoms with Crippen LogP contribution in [0.4, 0.5) is 5.69 Å². The summed E-state index contributed by atoms with van der Waals surface area (Å²) >= 11 is 4.84. The zero-order valence-corrected chi connectivity index (χ0v) is 12.1. The molecule has 1 aromatic carbocycles. The van der Waals surface area contributed by atoms with Crippen LogP contribution in [0.2, 0.25) is 0 Å². The molecule has 0 radical (unpaired) electrons. The second kappa shape index (κ2) is 6.45. The Kier molecular flexibility index (Phi) is 4.64. The number of nitrogens with one attached hydrogen (secondary N) is 1. The van der Waals surface area contributed by atoms with Gasteiger partial charge in [-0.2, -0.15) is 0 Å². The number of carbonyl (C=O) groups is 3. The van der Waals surface area contributed by atoms with E-state index in [-0.39, 0.29) is 43.5 Å². The minimum absolute atomic E-state index is 0.0779. The normalized spacial score (nSPS) is 14.4. The van der Waals surface area contributed by atoms with Gasteiger partial charge in [-0.1, -0.05) is 12.2 Å². The number of thiocarbonyl (C=S) groups is 1. The van der Waals surface area contributed by atoms with E-state index in [0.717, 1.165) is 10.5 Å². The van der Waals surface area contributed by atoms with Gasteiger partial charge in [0.2, 0.25) is 17.7 Å². The summed E-state index contributed by atoms with van der Waals surface area (Å²) in [7, 11) is 0. The Morgan fingerprint density at radius 1 is 1.19 bits per heavy atom. The molecule has 0 spiro atoms. The molecule has 0 unspecified atom stereocenters. The number of likely N-dealkylation sites (tertiary alicyclic amines) is 1. The van der Waals surface area contributed by atoms with Gasteiger partial charge in [0, 0.05) is 37.1 Å². The number of rotatable bonds is 5. The van der Waals surface area contributed by atoms with Gasteiger partial charge in [-0.3, -0.25) is 19.3 Å². The van der Waals surface area contributed by atoms with Crippen LogP contribution < -0.4 is 11.1 Å². The fraction of sp³-hybridized carbons (Fsp3) is 0.286. The average molecular weight is 305 g/mol. The van der Waals surface area contributed by atoms with Crippen molar-refractivity contribution in [1.82, 2.24) is 4.90 Å². The predicted molar refractivity (Wildman–Crippen MR) is 81.5 cm³/mol. The number of carbonyl (C=O) groups excluding carboxylic acids is 3. The molecular formula is C14H15N3O3S. The third-order valence-electron chi connectivity index (χ3n) is 3.17. The Morgan fingerprint density at radius 2 is 1.76 bits per heavy atom. The van der Waals surface area contributed by atoms with Gasteiger partial charge in [0.25, 0.3) is 0 Å². The Hall–Kier alpha value is -2.28. The summed E-state index contributed by atoms with van der Waals surface area (Å²) in [4.78, 5) is 36.0. The number of anilines is 1. The molecule has 1 heterocycles. The molecule has 21 heavy (non-hydrogen) atoms. The monoisotopic (exact) mass is 305 g/mol. The number of nitrogens with zero attached hydrogens (tertiary/aromatic N) is 1. The first-order valence-electron chi connectivity index (χ1n) is 6.50. The van der Waals surface area contributed by atoms with Gasteiger partial charge in [0.1, 0.15) is 4.99 Å². The van der Waals surface area contributed by atoms with Crippen molar-refractivity contribution in [2.75, 3.05) is 11.9 Å². The molecule has 0 atom stereocenters.